The van der Waals surface area contributed by atoms with Gasteiger partial charge in [0.2, 0.25) is 5.91 Å². The summed E-state index contributed by atoms with van der Waals surface area (Å²) in [4.78, 5) is 11.4. The van der Waals surface area contributed by atoms with E-state index >= 15 is 0 Å². The number of nitrogens with one attached hydrogen (secondary N) is 1. The lowest BCUT2D eigenvalue weighted by Gasteiger charge is -2.14. The summed E-state index contributed by atoms with van der Waals surface area (Å²) < 4.78 is 0. The molecular weight excluding hydrogens is 166 g/mol. The summed E-state index contributed by atoms with van der Waals surface area (Å²) in [6.45, 7) is 0.984. The molecule has 1 aliphatic carbocycles. The zero-order valence-electron chi connectivity index (χ0n) is 7.83. The van der Waals surface area contributed by atoms with E-state index in [0.717, 1.165) is 25.3 Å². The first kappa shape index (κ1) is 9.00. The normalized spacial score (nSPS) is 33.5. The molecular formula is C10H17NO2. The Kier molecular flexibility index (Phi) is 2.54. The van der Waals surface area contributed by atoms with Crippen LogP contribution in [0, 0.1) is 17.8 Å². The van der Waals surface area contributed by atoms with Crippen LogP contribution in [0.4, 0.5) is 0 Å². The number of rotatable bonds is 4. The van der Waals surface area contributed by atoms with Crippen molar-refractivity contribution >= 4 is 5.91 Å². The smallest absolute Gasteiger partial charge is 0.223 e. The molecule has 74 valence electrons. The molecule has 3 nitrogen and oxygen atoms in total. The standard InChI is InChI=1S/C10H17NO2/c12-4-3-8-6-11-10(13)9(8)5-7-1-2-7/h7-9,12H,1-6H2,(H,11,13). The number of hydrogen-bond donors (Lipinski definition) is 2. The van der Waals surface area contributed by atoms with Gasteiger partial charge < -0.3 is 10.4 Å². The molecule has 3 heteroatoms. The van der Waals surface area contributed by atoms with Gasteiger partial charge in [-0.1, -0.05) is 12.8 Å². The molecule has 0 spiro atoms. The molecule has 1 heterocycles. The van der Waals surface area contributed by atoms with E-state index in [1.54, 1.807) is 0 Å². The lowest BCUT2D eigenvalue weighted by Crippen LogP contribution is -2.20. The highest BCUT2D eigenvalue weighted by Crippen LogP contribution is 2.39. The van der Waals surface area contributed by atoms with Gasteiger partial charge in [0.05, 0.1) is 0 Å². The molecule has 1 amide bonds. The van der Waals surface area contributed by atoms with E-state index in [2.05, 4.69) is 5.32 Å². The molecule has 0 radical (unpaired) electrons. The molecule has 0 aromatic rings. The first-order chi connectivity index (χ1) is 6.31. The van der Waals surface area contributed by atoms with Crippen molar-refractivity contribution in [2.24, 2.45) is 17.8 Å². The van der Waals surface area contributed by atoms with Gasteiger partial charge in [-0.25, -0.2) is 0 Å². The Bertz CT molecular complexity index is 201. The van der Waals surface area contributed by atoms with E-state index < -0.39 is 0 Å². The molecule has 13 heavy (non-hydrogen) atoms. The third-order valence-electron chi connectivity index (χ3n) is 3.23. The molecule has 1 saturated carbocycles. The minimum Gasteiger partial charge on any atom is -0.396 e. The number of carbonyl (C=O) groups is 1. The van der Waals surface area contributed by atoms with E-state index in [9.17, 15) is 4.79 Å². The van der Waals surface area contributed by atoms with E-state index in [0.29, 0.717) is 5.92 Å². The van der Waals surface area contributed by atoms with Crippen LogP contribution in [0.5, 0.6) is 0 Å². The van der Waals surface area contributed by atoms with Crippen molar-refractivity contribution in [2.45, 2.75) is 25.7 Å². The molecule has 0 aromatic carbocycles. The number of hydrogen-bond acceptors (Lipinski definition) is 2. The minimum atomic E-state index is 0.194. The summed E-state index contributed by atoms with van der Waals surface area (Å²) >= 11 is 0. The second kappa shape index (κ2) is 3.66. The summed E-state index contributed by atoms with van der Waals surface area (Å²) in [6, 6.07) is 0. The third kappa shape index (κ3) is 2.02. The van der Waals surface area contributed by atoms with Crippen molar-refractivity contribution in [3.63, 3.8) is 0 Å². The molecule has 2 N–H and O–H groups in total. The number of aliphatic hydroxyl groups is 1. The van der Waals surface area contributed by atoms with Crippen LogP contribution in [-0.2, 0) is 4.79 Å². The molecule has 2 unspecified atom stereocenters. The maximum Gasteiger partial charge on any atom is 0.223 e. The lowest BCUT2D eigenvalue weighted by atomic mass is 9.88. The fourth-order valence-electron chi connectivity index (χ4n) is 2.20. The average molecular weight is 183 g/mol. The van der Waals surface area contributed by atoms with Crippen molar-refractivity contribution in [1.82, 2.24) is 5.32 Å². The summed E-state index contributed by atoms with van der Waals surface area (Å²) in [6.07, 6.45) is 4.43. The van der Waals surface area contributed by atoms with Gasteiger partial charge in [-0.15, -0.1) is 0 Å². The number of aliphatic hydroxyl groups excluding tert-OH is 1. The number of amides is 1. The predicted octanol–water partition coefficient (Wildman–Crippen LogP) is 0.531. The first-order valence-corrected chi connectivity index (χ1v) is 5.20. The van der Waals surface area contributed by atoms with Gasteiger partial charge in [0.25, 0.3) is 0 Å². The zero-order valence-corrected chi connectivity index (χ0v) is 7.83. The minimum absolute atomic E-state index is 0.194. The third-order valence-corrected chi connectivity index (χ3v) is 3.23. The van der Waals surface area contributed by atoms with Gasteiger partial charge in [0.1, 0.15) is 0 Å². The molecule has 1 saturated heterocycles. The topological polar surface area (TPSA) is 49.3 Å². The maximum absolute atomic E-state index is 11.4. The summed E-state index contributed by atoms with van der Waals surface area (Å²) in [5, 5.41) is 11.7. The number of carbonyl (C=O) groups excluding carboxylic acids is 1. The van der Waals surface area contributed by atoms with Gasteiger partial charge in [-0.05, 0) is 24.7 Å². The van der Waals surface area contributed by atoms with Crippen LogP contribution in [-0.4, -0.2) is 24.2 Å². The highest BCUT2D eigenvalue weighted by molar-refractivity contribution is 5.81. The van der Waals surface area contributed by atoms with Crippen molar-refractivity contribution < 1.29 is 9.90 Å². The van der Waals surface area contributed by atoms with Gasteiger partial charge in [-0.2, -0.15) is 0 Å². The predicted molar refractivity (Wildman–Crippen MR) is 49.0 cm³/mol. The Morgan fingerprint density at radius 2 is 2.23 bits per heavy atom. The lowest BCUT2D eigenvalue weighted by molar-refractivity contribution is -0.123. The van der Waals surface area contributed by atoms with E-state index in [4.69, 9.17) is 5.11 Å². The second-order valence-electron chi connectivity index (χ2n) is 4.30. The quantitative estimate of drug-likeness (QED) is 0.668. The fourth-order valence-corrected chi connectivity index (χ4v) is 2.20. The SMILES string of the molecule is O=C1NCC(CCO)C1CC1CC1. The molecule has 2 rings (SSSR count). The van der Waals surface area contributed by atoms with Gasteiger partial charge >= 0.3 is 0 Å². The first-order valence-electron chi connectivity index (χ1n) is 5.20. The molecule has 0 aromatic heterocycles. The second-order valence-corrected chi connectivity index (χ2v) is 4.30. The highest BCUT2D eigenvalue weighted by Gasteiger charge is 2.37. The van der Waals surface area contributed by atoms with Crippen LogP contribution in [0.25, 0.3) is 0 Å². The van der Waals surface area contributed by atoms with Crippen LogP contribution < -0.4 is 5.32 Å². The van der Waals surface area contributed by atoms with E-state index in [1.807, 2.05) is 0 Å². The summed E-state index contributed by atoms with van der Waals surface area (Å²) in [5.41, 5.74) is 0. The monoisotopic (exact) mass is 183 g/mol. The van der Waals surface area contributed by atoms with Crippen LogP contribution in [0.2, 0.25) is 0 Å². The summed E-state index contributed by atoms with van der Waals surface area (Å²) in [7, 11) is 0. The average Bonchev–Trinajstić information content (AvgIpc) is 2.86. The van der Waals surface area contributed by atoms with E-state index in [1.165, 1.54) is 12.8 Å². The van der Waals surface area contributed by atoms with Gasteiger partial charge in [0.15, 0.2) is 0 Å². The van der Waals surface area contributed by atoms with Gasteiger partial charge in [0, 0.05) is 19.1 Å². The van der Waals surface area contributed by atoms with Crippen molar-refractivity contribution in [2.75, 3.05) is 13.2 Å². The Balaban J connectivity index is 1.89. The molecule has 1 aliphatic heterocycles. The Hall–Kier alpha value is -0.570. The Labute approximate surface area is 78.5 Å². The molecule has 2 fully saturated rings. The largest absolute Gasteiger partial charge is 0.396 e. The van der Waals surface area contributed by atoms with E-state index in [-0.39, 0.29) is 18.4 Å². The van der Waals surface area contributed by atoms with Crippen LogP contribution >= 0.6 is 0 Å². The van der Waals surface area contributed by atoms with Crippen LogP contribution in [0.3, 0.4) is 0 Å². The zero-order chi connectivity index (χ0) is 9.26. The molecule has 2 atom stereocenters. The van der Waals surface area contributed by atoms with Crippen molar-refractivity contribution in [3.8, 4) is 0 Å². The Morgan fingerprint density at radius 3 is 2.85 bits per heavy atom. The van der Waals surface area contributed by atoms with Gasteiger partial charge in [-0.3, -0.25) is 4.79 Å². The van der Waals surface area contributed by atoms with Crippen molar-refractivity contribution in [3.05, 3.63) is 0 Å². The van der Waals surface area contributed by atoms with Crippen LogP contribution in [0.15, 0.2) is 0 Å². The Morgan fingerprint density at radius 1 is 1.46 bits per heavy atom. The van der Waals surface area contributed by atoms with Crippen LogP contribution in [0.1, 0.15) is 25.7 Å². The maximum atomic E-state index is 11.4. The molecule has 0 bridgehead atoms. The fraction of sp³-hybridized carbons (Fsp3) is 0.900. The highest BCUT2D eigenvalue weighted by atomic mass is 16.3. The summed E-state index contributed by atoms with van der Waals surface area (Å²) in [5.74, 6) is 1.60. The van der Waals surface area contributed by atoms with Crippen molar-refractivity contribution in [1.29, 1.82) is 0 Å². The molecule has 2 aliphatic rings.